The molecule has 2 atom stereocenters. The van der Waals surface area contributed by atoms with E-state index in [1.807, 2.05) is 0 Å². The van der Waals surface area contributed by atoms with Crippen molar-refractivity contribution >= 4 is 23.2 Å². The quantitative estimate of drug-likeness (QED) is 0.924. The lowest BCUT2D eigenvalue weighted by Crippen LogP contribution is -2.22. The van der Waals surface area contributed by atoms with Crippen LogP contribution in [0.1, 0.15) is 18.4 Å². The van der Waals surface area contributed by atoms with E-state index in [0.29, 0.717) is 5.89 Å². The maximum Gasteiger partial charge on any atom is 0.235 e. The summed E-state index contributed by atoms with van der Waals surface area (Å²) < 4.78 is 24.5. The highest BCUT2D eigenvalue weighted by atomic mass is 35.5. The zero-order valence-corrected chi connectivity index (χ0v) is 12.5. The molecule has 2 heterocycles. The molecule has 112 valence electrons. The number of hydrogen-bond donors (Lipinski definition) is 1. The van der Waals surface area contributed by atoms with Crippen LogP contribution in [0.3, 0.4) is 0 Å². The number of halogens is 3. The first-order valence-corrected chi connectivity index (χ1v) is 7.32. The molecule has 21 heavy (non-hydrogen) atoms. The molecule has 1 aromatic carbocycles. The van der Waals surface area contributed by atoms with E-state index in [1.165, 1.54) is 18.4 Å². The summed E-state index contributed by atoms with van der Waals surface area (Å²) in [5, 5.41) is 3.52. The second kappa shape index (κ2) is 6.22. The van der Waals surface area contributed by atoms with E-state index in [2.05, 4.69) is 10.3 Å². The summed E-state index contributed by atoms with van der Waals surface area (Å²) >= 11 is 12.1. The Bertz CT molecular complexity index is 592. The molecule has 1 aliphatic heterocycles. The van der Waals surface area contributed by atoms with Crippen molar-refractivity contribution in [3.63, 3.8) is 0 Å². The summed E-state index contributed by atoms with van der Waals surface area (Å²) in [5.74, 6) is 0.378. The van der Waals surface area contributed by atoms with E-state index in [1.54, 1.807) is 6.20 Å². The van der Waals surface area contributed by atoms with Gasteiger partial charge in [0.25, 0.3) is 0 Å². The molecular weight excluding hydrogens is 318 g/mol. The summed E-state index contributed by atoms with van der Waals surface area (Å²) in [6, 6.07) is 2.34. The molecule has 1 aromatic heterocycles. The van der Waals surface area contributed by atoms with Crippen LogP contribution in [0.15, 0.2) is 29.0 Å². The Morgan fingerprint density at radius 2 is 2.14 bits per heavy atom. The van der Waals surface area contributed by atoms with E-state index in [4.69, 9.17) is 32.4 Å². The number of benzene rings is 1. The molecule has 1 N–H and O–H groups in total. The Hall–Kier alpha value is -1.30. The Balaban J connectivity index is 1.91. The third kappa shape index (κ3) is 3.15. The average molecular weight is 331 g/mol. The van der Waals surface area contributed by atoms with Crippen molar-refractivity contribution in [2.75, 3.05) is 13.1 Å². The topological polar surface area (TPSA) is 47.3 Å². The number of nitrogens with one attached hydrogen (secondary N) is 1. The monoisotopic (exact) mass is 330 g/mol. The van der Waals surface area contributed by atoms with Gasteiger partial charge in [-0.05, 0) is 25.1 Å². The lowest BCUT2D eigenvalue weighted by atomic mass is 10.0. The number of hydrogen-bond acceptors (Lipinski definition) is 4. The molecular formula is C14H13Cl2FN2O2. The first kappa shape index (κ1) is 14.6. The number of rotatable bonds is 4. The van der Waals surface area contributed by atoms with Crippen LogP contribution in [0.2, 0.25) is 10.0 Å². The molecule has 0 bridgehead atoms. The van der Waals surface area contributed by atoms with Crippen molar-refractivity contribution in [3.05, 3.63) is 46.3 Å². The molecule has 4 nitrogen and oxygen atoms in total. The second-order valence-corrected chi connectivity index (χ2v) is 5.67. The second-order valence-electron chi connectivity index (χ2n) is 4.86. The van der Waals surface area contributed by atoms with Crippen molar-refractivity contribution in [1.29, 1.82) is 0 Å². The van der Waals surface area contributed by atoms with Crippen molar-refractivity contribution < 1.29 is 13.5 Å². The first-order chi connectivity index (χ1) is 10.1. The van der Waals surface area contributed by atoms with Gasteiger partial charge in [0.1, 0.15) is 12.1 Å². The van der Waals surface area contributed by atoms with Gasteiger partial charge in [0, 0.05) is 12.5 Å². The Morgan fingerprint density at radius 1 is 1.38 bits per heavy atom. The molecule has 1 fully saturated rings. The van der Waals surface area contributed by atoms with Crippen molar-refractivity contribution in [1.82, 2.24) is 10.3 Å². The van der Waals surface area contributed by atoms with Gasteiger partial charge in [-0.2, -0.15) is 0 Å². The van der Waals surface area contributed by atoms with Gasteiger partial charge in [-0.25, -0.2) is 9.37 Å². The van der Waals surface area contributed by atoms with E-state index in [-0.39, 0.29) is 21.7 Å². The van der Waals surface area contributed by atoms with Gasteiger partial charge in [0.05, 0.1) is 16.2 Å². The zero-order valence-electron chi connectivity index (χ0n) is 11.0. The van der Waals surface area contributed by atoms with Crippen LogP contribution in [-0.2, 0) is 0 Å². The number of aromatic nitrogens is 1. The van der Waals surface area contributed by atoms with Crippen molar-refractivity contribution in [2.45, 2.75) is 12.5 Å². The standard InChI is InChI=1S/C14H13Cl2FN2O2/c15-10-5-9(17)6-11(16)13(10)21-12(8-1-2-18-7-8)14-19-3-4-20-14/h3-6,8,12,18H,1-2,7H2/t8-,12+/m0/s1. The fourth-order valence-corrected chi connectivity index (χ4v) is 2.98. The minimum atomic E-state index is -0.507. The molecule has 2 aromatic rings. The van der Waals surface area contributed by atoms with Gasteiger partial charge >= 0.3 is 0 Å². The summed E-state index contributed by atoms with van der Waals surface area (Å²) in [4.78, 5) is 4.15. The first-order valence-electron chi connectivity index (χ1n) is 6.56. The average Bonchev–Trinajstić information content (AvgIpc) is 3.11. The fourth-order valence-electron chi connectivity index (χ4n) is 2.43. The van der Waals surface area contributed by atoms with Crippen LogP contribution in [0.5, 0.6) is 5.75 Å². The molecule has 7 heteroatoms. The minimum absolute atomic E-state index is 0.127. The summed E-state index contributed by atoms with van der Waals surface area (Å²) in [6.07, 6.45) is 3.54. The third-order valence-corrected chi connectivity index (χ3v) is 3.99. The van der Waals surface area contributed by atoms with Gasteiger partial charge in [-0.1, -0.05) is 23.2 Å². The summed E-state index contributed by atoms with van der Waals surface area (Å²) in [6.45, 7) is 1.68. The lowest BCUT2D eigenvalue weighted by Gasteiger charge is -2.22. The van der Waals surface area contributed by atoms with Crippen LogP contribution in [-0.4, -0.2) is 18.1 Å². The zero-order chi connectivity index (χ0) is 14.8. The predicted octanol–water partition coefficient (Wildman–Crippen LogP) is 3.85. The Morgan fingerprint density at radius 3 is 2.71 bits per heavy atom. The van der Waals surface area contributed by atoms with E-state index in [9.17, 15) is 4.39 Å². The fraction of sp³-hybridized carbons (Fsp3) is 0.357. The highest BCUT2D eigenvalue weighted by Crippen LogP contribution is 2.39. The SMILES string of the molecule is Fc1cc(Cl)c(O[C@@H](c2ncco2)[C@H]2CCNC2)c(Cl)c1. The number of ether oxygens (including phenoxy) is 1. The smallest absolute Gasteiger partial charge is 0.235 e. The highest BCUT2D eigenvalue weighted by Gasteiger charge is 2.32. The van der Waals surface area contributed by atoms with Gasteiger partial charge in [-0.3, -0.25) is 0 Å². The van der Waals surface area contributed by atoms with Gasteiger partial charge in [0.2, 0.25) is 5.89 Å². The van der Waals surface area contributed by atoms with Gasteiger partial charge in [0.15, 0.2) is 11.9 Å². The number of oxazole rings is 1. The largest absolute Gasteiger partial charge is 0.477 e. The van der Waals surface area contributed by atoms with Gasteiger partial charge in [-0.15, -0.1) is 0 Å². The molecule has 0 amide bonds. The van der Waals surface area contributed by atoms with Crippen LogP contribution >= 0.6 is 23.2 Å². The van der Waals surface area contributed by atoms with Crippen LogP contribution < -0.4 is 10.1 Å². The van der Waals surface area contributed by atoms with Gasteiger partial charge < -0.3 is 14.5 Å². The molecule has 0 spiro atoms. The number of nitrogens with zero attached hydrogens (tertiary/aromatic N) is 1. The van der Waals surface area contributed by atoms with E-state index < -0.39 is 11.9 Å². The van der Waals surface area contributed by atoms with E-state index >= 15 is 0 Å². The van der Waals surface area contributed by atoms with Crippen LogP contribution in [0, 0.1) is 11.7 Å². The maximum absolute atomic E-state index is 13.3. The Labute approximate surface area is 131 Å². The highest BCUT2D eigenvalue weighted by molar-refractivity contribution is 6.37. The normalized spacial score (nSPS) is 19.7. The summed E-state index contributed by atoms with van der Waals surface area (Å²) in [7, 11) is 0. The minimum Gasteiger partial charge on any atom is -0.477 e. The van der Waals surface area contributed by atoms with Crippen molar-refractivity contribution in [3.8, 4) is 5.75 Å². The third-order valence-electron chi connectivity index (χ3n) is 3.43. The molecule has 0 radical (unpaired) electrons. The molecule has 0 aliphatic carbocycles. The van der Waals surface area contributed by atoms with Crippen LogP contribution in [0.25, 0.3) is 0 Å². The molecule has 0 saturated carbocycles. The van der Waals surface area contributed by atoms with Crippen LogP contribution in [0.4, 0.5) is 4.39 Å². The van der Waals surface area contributed by atoms with Crippen molar-refractivity contribution in [2.24, 2.45) is 5.92 Å². The lowest BCUT2D eigenvalue weighted by molar-refractivity contribution is 0.114. The maximum atomic E-state index is 13.3. The van der Waals surface area contributed by atoms with E-state index in [0.717, 1.165) is 19.5 Å². The summed E-state index contributed by atoms with van der Waals surface area (Å²) in [5.41, 5.74) is 0. The molecule has 1 saturated heterocycles. The Kier molecular flexibility index (Phi) is 4.33. The molecule has 3 rings (SSSR count). The molecule has 1 aliphatic rings. The predicted molar refractivity (Wildman–Crippen MR) is 77.3 cm³/mol. The molecule has 0 unspecified atom stereocenters.